The number of anilines is 1. The lowest BCUT2D eigenvalue weighted by molar-refractivity contribution is -0.117. The lowest BCUT2D eigenvalue weighted by atomic mass is 10.0. The Hall–Kier alpha value is -1.66. The number of halogens is 3. The molecule has 1 aliphatic rings. The van der Waals surface area contributed by atoms with E-state index >= 15 is 0 Å². The molecule has 2 aromatic carbocycles. The summed E-state index contributed by atoms with van der Waals surface area (Å²) in [6, 6.07) is 10.7. The SMILES string of the molecule is O=C(Nc1cccc(Cl)c1Cl)C1CC(c2ccc(F)cc2)NN1. The molecule has 3 rings (SSSR count). The molecule has 2 aromatic rings. The van der Waals surface area contributed by atoms with Gasteiger partial charge in [0, 0.05) is 6.04 Å². The fourth-order valence-corrected chi connectivity index (χ4v) is 2.81. The fourth-order valence-electron chi connectivity index (χ4n) is 2.46. The monoisotopic (exact) mass is 353 g/mol. The maximum Gasteiger partial charge on any atom is 0.242 e. The van der Waals surface area contributed by atoms with E-state index in [4.69, 9.17) is 23.2 Å². The van der Waals surface area contributed by atoms with Crippen molar-refractivity contribution in [1.82, 2.24) is 10.9 Å². The van der Waals surface area contributed by atoms with E-state index < -0.39 is 6.04 Å². The van der Waals surface area contributed by atoms with Crippen LogP contribution in [0.2, 0.25) is 10.0 Å². The van der Waals surface area contributed by atoms with Gasteiger partial charge in [-0.2, -0.15) is 0 Å². The van der Waals surface area contributed by atoms with Gasteiger partial charge in [-0.3, -0.25) is 4.79 Å². The van der Waals surface area contributed by atoms with Gasteiger partial charge < -0.3 is 5.32 Å². The minimum atomic E-state index is -0.430. The molecule has 3 N–H and O–H groups in total. The van der Waals surface area contributed by atoms with Crippen LogP contribution in [0.5, 0.6) is 0 Å². The second-order valence-electron chi connectivity index (χ2n) is 5.27. The zero-order valence-corrected chi connectivity index (χ0v) is 13.5. The third-order valence-electron chi connectivity index (χ3n) is 3.70. The number of benzene rings is 2. The van der Waals surface area contributed by atoms with Gasteiger partial charge in [0.05, 0.1) is 15.7 Å². The van der Waals surface area contributed by atoms with E-state index in [1.807, 2.05) is 0 Å². The van der Waals surface area contributed by atoms with Gasteiger partial charge in [0.15, 0.2) is 0 Å². The normalized spacial score (nSPS) is 20.5. The summed E-state index contributed by atoms with van der Waals surface area (Å²) in [6.45, 7) is 0. The molecule has 0 aliphatic carbocycles. The van der Waals surface area contributed by atoms with Crippen LogP contribution in [-0.2, 0) is 4.79 Å². The van der Waals surface area contributed by atoms with Crippen molar-refractivity contribution in [3.05, 3.63) is 63.9 Å². The number of nitrogens with one attached hydrogen (secondary N) is 3. The van der Waals surface area contributed by atoms with Crippen molar-refractivity contribution < 1.29 is 9.18 Å². The number of hydrazine groups is 1. The molecule has 1 aliphatic heterocycles. The largest absolute Gasteiger partial charge is 0.323 e. The average molecular weight is 354 g/mol. The van der Waals surface area contributed by atoms with E-state index in [1.54, 1.807) is 30.3 Å². The zero-order valence-electron chi connectivity index (χ0n) is 11.9. The number of rotatable bonds is 3. The van der Waals surface area contributed by atoms with E-state index in [2.05, 4.69) is 16.2 Å². The van der Waals surface area contributed by atoms with Gasteiger partial charge >= 0.3 is 0 Å². The second kappa shape index (κ2) is 6.84. The molecule has 1 fully saturated rings. The van der Waals surface area contributed by atoms with Crippen LogP contribution in [0.15, 0.2) is 42.5 Å². The molecule has 1 heterocycles. The second-order valence-corrected chi connectivity index (χ2v) is 6.06. The molecule has 2 atom stereocenters. The number of amides is 1. The van der Waals surface area contributed by atoms with Crippen molar-refractivity contribution in [3.63, 3.8) is 0 Å². The Morgan fingerprint density at radius 2 is 1.87 bits per heavy atom. The molecular formula is C16H14Cl2FN3O. The van der Waals surface area contributed by atoms with Crippen molar-refractivity contribution in [2.24, 2.45) is 0 Å². The van der Waals surface area contributed by atoms with Crippen LogP contribution in [0.1, 0.15) is 18.0 Å². The standard InChI is InChI=1S/C16H14Cl2FN3O/c17-11-2-1-3-12(15(11)18)20-16(23)14-8-13(21-22-14)9-4-6-10(19)7-5-9/h1-7,13-14,21-22H,8H2,(H,20,23). The number of hydrogen-bond donors (Lipinski definition) is 3. The van der Waals surface area contributed by atoms with Crippen molar-refractivity contribution in [3.8, 4) is 0 Å². The first-order chi connectivity index (χ1) is 11.0. The molecule has 0 saturated carbocycles. The van der Waals surface area contributed by atoms with Gasteiger partial charge in [0.25, 0.3) is 0 Å². The van der Waals surface area contributed by atoms with Crippen molar-refractivity contribution >= 4 is 34.8 Å². The molecule has 4 nitrogen and oxygen atoms in total. The predicted octanol–water partition coefficient (Wildman–Crippen LogP) is 3.68. The maximum atomic E-state index is 13.0. The summed E-state index contributed by atoms with van der Waals surface area (Å²) in [6.07, 6.45) is 0.537. The van der Waals surface area contributed by atoms with Crippen LogP contribution in [0.4, 0.5) is 10.1 Å². The van der Waals surface area contributed by atoms with E-state index in [9.17, 15) is 9.18 Å². The van der Waals surface area contributed by atoms with Crippen LogP contribution in [-0.4, -0.2) is 11.9 Å². The van der Waals surface area contributed by atoms with Crippen molar-refractivity contribution in [1.29, 1.82) is 0 Å². The molecule has 2 unspecified atom stereocenters. The van der Waals surface area contributed by atoms with Crippen LogP contribution in [0.25, 0.3) is 0 Å². The van der Waals surface area contributed by atoms with Gasteiger partial charge in [0.1, 0.15) is 11.9 Å². The molecule has 0 aromatic heterocycles. The van der Waals surface area contributed by atoms with Crippen LogP contribution in [0.3, 0.4) is 0 Å². The van der Waals surface area contributed by atoms with E-state index in [0.717, 1.165) is 5.56 Å². The fraction of sp³-hybridized carbons (Fsp3) is 0.188. The molecule has 0 bridgehead atoms. The number of carbonyl (C=O) groups excluding carboxylic acids is 1. The van der Waals surface area contributed by atoms with E-state index in [0.29, 0.717) is 22.2 Å². The van der Waals surface area contributed by atoms with E-state index in [-0.39, 0.29) is 17.8 Å². The summed E-state index contributed by atoms with van der Waals surface area (Å²) in [7, 11) is 0. The molecule has 120 valence electrons. The molecule has 1 saturated heterocycles. The van der Waals surface area contributed by atoms with Crippen LogP contribution < -0.4 is 16.2 Å². The minimum Gasteiger partial charge on any atom is -0.323 e. The first-order valence-electron chi connectivity index (χ1n) is 7.06. The molecule has 0 spiro atoms. The topological polar surface area (TPSA) is 53.2 Å². The minimum absolute atomic E-state index is 0.0683. The number of carbonyl (C=O) groups is 1. The van der Waals surface area contributed by atoms with Gasteiger partial charge in [-0.15, -0.1) is 0 Å². The highest BCUT2D eigenvalue weighted by atomic mass is 35.5. The summed E-state index contributed by atoms with van der Waals surface area (Å²) < 4.78 is 13.0. The van der Waals surface area contributed by atoms with Gasteiger partial charge in [-0.25, -0.2) is 15.2 Å². The van der Waals surface area contributed by atoms with Gasteiger partial charge in [-0.05, 0) is 36.2 Å². The lowest BCUT2D eigenvalue weighted by Crippen LogP contribution is -2.39. The smallest absolute Gasteiger partial charge is 0.242 e. The Morgan fingerprint density at radius 1 is 1.13 bits per heavy atom. The zero-order chi connectivity index (χ0) is 16.4. The number of hydrogen-bond acceptors (Lipinski definition) is 3. The Labute approximate surface area is 142 Å². The Balaban J connectivity index is 1.65. The molecule has 0 radical (unpaired) electrons. The van der Waals surface area contributed by atoms with Crippen LogP contribution in [0, 0.1) is 5.82 Å². The Morgan fingerprint density at radius 3 is 2.61 bits per heavy atom. The average Bonchev–Trinajstić information content (AvgIpc) is 3.02. The van der Waals surface area contributed by atoms with Gasteiger partial charge in [0.2, 0.25) is 5.91 Å². The maximum absolute atomic E-state index is 13.0. The highest BCUT2D eigenvalue weighted by molar-refractivity contribution is 6.44. The predicted molar refractivity (Wildman–Crippen MR) is 88.9 cm³/mol. The molecule has 23 heavy (non-hydrogen) atoms. The highest BCUT2D eigenvalue weighted by Crippen LogP contribution is 2.30. The molecule has 1 amide bonds. The lowest BCUT2D eigenvalue weighted by Gasteiger charge is -2.12. The third kappa shape index (κ3) is 3.64. The molecule has 7 heteroatoms. The van der Waals surface area contributed by atoms with Gasteiger partial charge in [-0.1, -0.05) is 41.4 Å². The summed E-state index contributed by atoms with van der Waals surface area (Å²) in [4.78, 5) is 12.3. The highest BCUT2D eigenvalue weighted by Gasteiger charge is 2.30. The first-order valence-corrected chi connectivity index (χ1v) is 7.81. The Kier molecular flexibility index (Phi) is 4.82. The van der Waals surface area contributed by atoms with Crippen molar-refractivity contribution in [2.75, 3.05) is 5.32 Å². The molecular weight excluding hydrogens is 340 g/mol. The summed E-state index contributed by atoms with van der Waals surface area (Å²) >= 11 is 12.0. The summed E-state index contributed by atoms with van der Waals surface area (Å²) in [5.74, 6) is -0.504. The summed E-state index contributed by atoms with van der Waals surface area (Å²) in [5, 5.41) is 3.45. The Bertz CT molecular complexity index is 724. The van der Waals surface area contributed by atoms with Crippen LogP contribution >= 0.6 is 23.2 Å². The van der Waals surface area contributed by atoms with E-state index in [1.165, 1.54) is 12.1 Å². The van der Waals surface area contributed by atoms with Crippen molar-refractivity contribution in [2.45, 2.75) is 18.5 Å². The quantitative estimate of drug-likeness (QED) is 0.788. The third-order valence-corrected chi connectivity index (χ3v) is 4.52. The first kappa shape index (κ1) is 16.2. The summed E-state index contributed by atoms with van der Waals surface area (Å²) in [5.41, 5.74) is 7.37.